The van der Waals surface area contributed by atoms with E-state index in [1.807, 2.05) is 0 Å². The van der Waals surface area contributed by atoms with Gasteiger partial charge in [0, 0.05) is 51.8 Å². The van der Waals surface area contributed by atoms with Crippen LogP contribution in [0.5, 0.6) is 5.75 Å². The smallest absolute Gasteiger partial charge is 0.220 e. The normalized spacial score (nSPS) is 15.5. The highest BCUT2D eigenvalue weighted by atomic mass is 19.1. The Morgan fingerprint density at radius 3 is 2.95 bits per heavy atom. The zero-order valence-corrected chi connectivity index (χ0v) is 12.8. The molecule has 1 aliphatic heterocycles. The lowest BCUT2D eigenvalue weighted by Crippen LogP contribution is -2.46. The molecule has 2 rings (SSSR count). The van der Waals surface area contributed by atoms with Crippen molar-refractivity contribution in [3.63, 3.8) is 0 Å². The van der Waals surface area contributed by atoms with Gasteiger partial charge in [-0.3, -0.25) is 9.69 Å². The van der Waals surface area contributed by atoms with Gasteiger partial charge in [0.1, 0.15) is 11.6 Å². The van der Waals surface area contributed by atoms with Gasteiger partial charge in [-0.15, -0.1) is 0 Å². The van der Waals surface area contributed by atoms with Gasteiger partial charge in [0.2, 0.25) is 5.91 Å². The number of benzene rings is 1. The van der Waals surface area contributed by atoms with E-state index in [1.165, 1.54) is 12.1 Å². The van der Waals surface area contributed by atoms with Gasteiger partial charge < -0.3 is 15.4 Å². The number of carbonyl (C=O) groups is 1. The number of rotatable bonds is 8. The number of amides is 1. The van der Waals surface area contributed by atoms with Crippen LogP contribution in [0.15, 0.2) is 24.3 Å². The number of halogens is 1. The van der Waals surface area contributed by atoms with Gasteiger partial charge in [-0.05, 0) is 18.6 Å². The van der Waals surface area contributed by atoms with Crippen molar-refractivity contribution in [2.45, 2.75) is 12.8 Å². The van der Waals surface area contributed by atoms with Crippen LogP contribution in [0.25, 0.3) is 0 Å². The second-order valence-electron chi connectivity index (χ2n) is 5.35. The molecule has 0 atom stereocenters. The third kappa shape index (κ3) is 6.41. The van der Waals surface area contributed by atoms with Crippen molar-refractivity contribution in [1.29, 1.82) is 0 Å². The Hall–Kier alpha value is -1.66. The molecule has 1 heterocycles. The topological polar surface area (TPSA) is 53.6 Å². The van der Waals surface area contributed by atoms with Gasteiger partial charge >= 0.3 is 0 Å². The van der Waals surface area contributed by atoms with Gasteiger partial charge in [-0.1, -0.05) is 6.07 Å². The van der Waals surface area contributed by atoms with Crippen LogP contribution in [0.1, 0.15) is 12.8 Å². The first-order valence-electron chi connectivity index (χ1n) is 7.82. The summed E-state index contributed by atoms with van der Waals surface area (Å²) in [4.78, 5) is 14.0. The Morgan fingerprint density at radius 2 is 2.18 bits per heavy atom. The molecule has 2 N–H and O–H groups in total. The molecule has 1 fully saturated rings. The average molecular weight is 309 g/mol. The predicted molar refractivity (Wildman–Crippen MR) is 83.4 cm³/mol. The summed E-state index contributed by atoms with van der Waals surface area (Å²) >= 11 is 0. The van der Waals surface area contributed by atoms with Crippen LogP contribution >= 0.6 is 0 Å². The van der Waals surface area contributed by atoms with E-state index in [0.29, 0.717) is 31.7 Å². The van der Waals surface area contributed by atoms with Crippen LogP contribution in [-0.2, 0) is 4.79 Å². The number of hydrogen-bond acceptors (Lipinski definition) is 4. The second kappa shape index (κ2) is 9.38. The number of nitrogens with one attached hydrogen (secondary N) is 2. The minimum atomic E-state index is -0.317. The van der Waals surface area contributed by atoms with Gasteiger partial charge in [-0.25, -0.2) is 4.39 Å². The molecule has 122 valence electrons. The van der Waals surface area contributed by atoms with Crippen molar-refractivity contribution in [2.75, 3.05) is 45.9 Å². The monoisotopic (exact) mass is 309 g/mol. The minimum Gasteiger partial charge on any atom is -0.493 e. The fraction of sp³-hybridized carbons (Fsp3) is 0.562. The Balaban J connectivity index is 1.50. The van der Waals surface area contributed by atoms with E-state index in [4.69, 9.17) is 4.74 Å². The maximum atomic E-state index is 12.9. The fourth-order valence-electron chi connectivity index (χ4n) is 2.36. The van der Waals surface area contributed by atoms with E-state index in [0.717, 1.165) is 32.7 Å². The van der Waals surface area contributed by atoms with Gasteiger partial charge in [-0.2, -0.15) is 0 Å². The number of carbonyl (C=O) groups excluding carboxylic acids is 1. The summed E-state index contributed by atoms with van der Waals surface area (Å²) in [7, 11) is 0. The Bertz CT molecular complexity index is 464. The Morgan fingerprint density at radius 1 is 1.36 bits per heavy atom. The summed E-state index contributed by atoms with van der Waals surface area (Å²) in [5, 5.41) is 6.22. The number of hydrogen-bond donors (Lipinski definition) is 2. The molecule has 5 nitrogen and oxygen atoms in total. The molecule has 1 saturated heterocycles. The van der Waals surface area contributed by atoms with Gasteiger partial charge in [0.25, 0.3) is 0 Å². The van der Waals surface area contributed by atoms with Crippen molar-refractivity contribution in [3.8, 4) is 5.75 Å². The van der Waals surface area contributed by atoms with Crippen molar-refractivity contribution in [2.24, 2.45) is 0 Å². The van der Waals surface area contributed by atoms with Gasteiger partial charge in [0.15, 0.2) is 0 Å². The SMILES string of the molecule is O=C(CCCOc1cccc(F)c1)NCCN1CCNCC1. The van der Waals surface area contributed by atoms with E-state index in [-0.39, 0.29) is 11.7 Å². The molecule has 0 unspecified atom stereocenters. The highest BCUT2D eigenvalue weighted by Crippen LogP contribution is 2.12. The summed E-state index contributed by atoms with van der Waals surface area (Å²) in [5.74, 6) is 0.222. The Kier molecular flexibility index (Phi) is 7.12. The lowest BCUT2D eigenvalue weighted by atomic mass is 10.3. The molecule has 22 heavy (non-hydrogen) atoms. The number of piperazine rings is 1. The van der Waals surface area contributed by atoms with Crippen molar-refractivity contribution < 1.29 is 13.9 Å². The molecule has 1 aromatic carbocycles. The Labute approximate surface area is 130 Å². The van der Waals surface area contributed by atoms with Crippen molar-refractivity contribution in [3.05, 3.63) is 30.1 Å². The zero-order valence-electron chi connectivity index (χ0n) is 12.8. The van der Waals surface area contributed by atoms with Crippen LogP contribution in [0.3, 0.4) is 0 Å². The average Bonchev–Trinajstić information content (AvgIpc) is 2.53. The third-order valence-electron chi connectivity index (χ3n) is 3.57. The van der Waals surface area contributed by atoms with Crippen LogP contribution < -0.4 is 15.4 Å². The minimum absolute atomic E-state index is 0.0398. The molecule has 1 amide bonds. The summed E-state index contributed by atoms with van der Waals surface area (Å²) in [6, 6.07) is 6.02. The standard InChI is InChI=1S/C16H24FN3O2/c17-14-3-1-4-15(13-14)22-12-2-5-16(21)19-8-11-20-9-6-18-7-10-20/h1,3-4,13,18H,2,5-12H2,(H,19,21). The van der Waals surface area contributed by atoms with Crippen LogP contribution in [0, 0.1) is 5.82 Å². The zero-order chi connectivity index (χ0) is 15.6. The maximum Gasteiger partial charge on any atom is 0.220 e. The predicted octanol–water partition coefficient (Wildman–Crippen LogP) is 1.01. The first-order valence-corrected chi connectivity index (χ1v) is 7.82. The molecule has 6 heteroatoms. The largest absolute Gasteiger partial charge is 0.493 e. The van der Waals surface area contributed by atoms with Crippen LogP contribution in [0.2, 0.25) is 0 Å². The number of nitrogens with zero attached hydrogens (tertiary/aromatic N) is 1. The quantitative estimate of drug-likeness (QED) is 0.704. The van der Waals surface area contributed by atoms with Crippen molar-refractivity contribution >= 4 is 5.91 Å². The molecule has 0 radical (unpaired) electrons. The molecular formula is C16H24FN3O2. The lowest BCUT2D eigenvalue weighted by Gasteiger charge is -2.27. The molecular weight excluding hydrogens is 285 g/mol. The van der Waals surface area contributed by atoms with Crippen LogP contribution in [-0.4, -0.2) is 56.7 Å². The number of ether oxygens (including phenoxy) is 1. The van der Waals surface area contributed by atoms with E-state index >= 15 is 0 Å². The molecule has 0 aliphatic carbocycles. The highest BCUT2D eigenvalue weighted by molar-refractivity contribution is 5.75. The summed E-state index contributed by atoms with van der Waals surface area (Å²) < 4.78 is 18.3. The first-order chi connectivity index (χ1) is 10.7. The van der Waals surface area contributed by atoms with Crippen molar-refractivity contribution in [1.82, 2.24) is 15.5 Å². The summed E-state index contributed by atoms with van der Waals surface area (Å²) in [5.41, 5.74) is 0. The molecule has 0 spiro atoms. The third-order valence-corrected chi connectivity index (χ3v) is 3.57. The lowest BCUT2D eigenvalue weighted by molar-refractivity contribution is -0.121. The summed E-state index contributed by atoms with van der Waals surface area (Å²) in [6.07, 6.45) is 1.05. The van der Waals surface area contributed by atoms with Crippen LogP contribution in [0.4, 0.5) is 4.39 Å². The second-order valence-corrected chi connectivity index (χ2v) is 5.35. The first kappa shape index (κ1) is 16.7. The molecule has 0 saturated carbocycles. The van der Waals surface area contributed by atoms with E-state index < -0.39 is 0 Å². The van der Waals surface area contributed by atoms with E-state index in [1.54, 1.807) is 12.1 Å². The van der Waals surface area contributed by atoms with E-state index in [9.17, 15) is 9.18 Å². The fourth-order valence-corrected chi connectivity index (χ4v) is 2.36. The molecule has 0 aromatic heterocycles. The summed E-state index contributed by atoms with van der Waals surface area (Å²) in [6.45, 7) is 6.11. The highest BCUT2D eigenvalue weighted by Gasteiger charge is 2.09. The van der Waals surface area contributed by atoms with Gasteiger partial charge in [0.05, 0.1) is 6.61 Å². The molecule has 0 bridgehead atoms. The maximum absolute atomic E-state index is 12.9. The van der Waals surface area contributed by atoms with E-state index in [2.05, 4.69) is 15.5 Å². The molecule has 1 aliphatic rings. The molecule has 1 aromatic rings.